The number of imidazole rings is 1. The van der Waals surface area contributed by atoms with Gasteiger partial charge in [0.1, 0.15) is 18.2 Å². The molecule has 0 amide bonds. The molecule has 10 heteroatoms. The van der Waals surface area contributed by atoms with Crippen molar-refractivity contribution in [2.75, 3.05) is 12.3 Å². The number of carbonyl (C=O) groups excluding carboxylic acids is 2. The number of pyridine rings is 1. The first-order valence-electron chi connectivity index (χ1n) is 10.9. The fourth-order valence-electron chi connectivity index (χ4n) is 3.91. The van der Waals surface area contributed by atoms with Crippen LogP contribution in [0.25, 0.3) is 11.2 Å². The molecule has 1 aliphatic rings. The van der Waals surface area contributed by atoms with Crippen LogP contribution in [0.3, 0.4) is 0 Å². The number of esters is 2. The first-order valence-corrected chi connectivity index (χ1v) is 10.9. The summed E-state index contributed by atoms with van der Waals surface area (Å²) in [7, 11) is 0. The van der Waals surface area contributed by atoms with Crippen LogP contribution in [-0.2, 0) is 14.2 Å². The summed E-state index contributed by atoms with van der Waals surface area (Å²) in [4.78, 5) is 33.6. The zero-order valence-corrected chi connectivity index (χ0v) is 18.4. The van der Waals surface area contributed by atoms with Gasteiger partial charge in [-0.3, -0.25) is 4.57 Å². The van der Waals surface area contributed by atoms with Crippen molar-refractivity contribution in [3.63, 3.8) is 0 Å². The quantitative estimate of drug-likeness (QED) is 0.421. The minimum atomic E-state index is -1.80. The summed E-state index contributed by atoms with van der Waals surface area (Å²) in [6.07, 6.45) is -2.63. The van der Waals surface area contributed by atoms with Crippen LogP contribution < -0.4 is 5.73 Å². The standard InChI is InChI=1S/C25H21FN4O5/c26-19-21(35-25(32)16-9-5-2-6-10-16)18(13-33-24(31)15-7-3-1-4-8-15)34-23(19)30-14-29-20-17(27)11-12-28-22(20)30/h1-12,14,18-19,21,23H,13H2,(H2,27,28)/t18-,19+,21-,23-/m1/s1. The Bertz CT molecular complexity index is 1350. The monoisotopic (exact) mass is 476 g/mol. The van der Waals surface area contributed by atoms with Gasteiger partial charge in [0.15, 0.2) is 24.2 Å². The lowest BCUT2D eigenvalue weighted by Crippen LogP contribution is -2.37. The molecule has 4 atom stereocenters. The number of carbonyl (C=O) groups is 2. The summed E-state index contributed by atoms with van der Waals surface area (Å²) in [5, 5.41) is 0. The van der Waals surface area contributed by atoms with Gasteiger partial charge in [-0.2, -0.15) is 0 Å². The van der Waals surface area contributed by atoms with Crippen LogP contribution in [0.5, 0.6) is 0 Å². The summed E-state index contributed by atoms with van der Waals surface area (Å²) in [5.74, 6) is -1.33. The summed E-state index contributed by atoms with van der Waals surface area (Å²) < 4.78 is 34.0. The Hall–Kier alpha value is -4.31. The second kappa shape index (κ2) is 9.51. The minimum absolute atomic E-state index is 0.255. The molecule has 35 heavy (non-hydrogen) atoms. The van der Waals surface area contributed by atoms with Gasteiger partial charge in [0, 0.05) is 6.20 Å². The highest BCUT2D eigenvalue weighted by molar-refractivity contribution is 5.90. The van der Waals surface area contributed by atoms with Crippen molar-refractivity contribution >= 4 is 28.8 Å². The van der Waals surface area contributed by atoms with Gasteiger partial charge in [0.2, 0.25) is 0 Å². The maximum atomic E-state index is 15.8. The number of hydrogen-bond acceptors (Lipinski definition) is 8. The van der Waals surface area contributed by atoms with Crippen LogP contribution in [0.1, 0.15) is 26.9 Å². The molecule has 1 aliphatic heterocycles. The van der Waals surface area contributed by atoms with Gasteiger partial charge in [-0.25, -0.2) is 23.9 Å². The van der Waals surface area contributed by atoms with Crippen LogP contribution >= 0.6 is 0 Å². The zero-order chi connectivity index (χ0) is 24.4. The van der Waals surface area contributed by atoms with Gasteiger partial charge in [-0.1, -0.05) is 36.4 Å². The van der Waals surface area contributed by atoms with Crippen LogP contribution in [0.4, 0.5) is 10.1 Å². The maximum absolute atomic E-state index is 15.8. The number of rotatable bonds is 6. The lowest BCUT2D eigenvalue weighted by Gasteiger charge is -2.19. The van der Waals surface area contributed by atoms with E-state index in [0.29, 0.717) is 22.4 Å². The average Bonchev–Trinajstić information content (AvgIpc) is 3.45. The summed E-state index contributed by atoms with van der Waals surface area (Å²) in [6, 6.07) is 18.1. The van der Waals surface area contributed by atoms with Gasteiger partial charge in [0.25, 0.3) is 0 Å². The lowest BCUT2D eigenvalue weighted by atomic mass is 10.1. The van der Waals surface area contributed by atoms with Crippen molar-refractivity contribution in [1.29, 1.82) is 0 Å². The Morgan fingerprint density at radius 3 is 2.31 bits per heavy atom. The Morgan fingerprint density at radius 2 is 1.63 bits per heavy atom. The van der Waals surface area contributed by atoms with Gasteiger partial charge in [-0.15, -0.1) is 0 Å². The fraction of sp³-hybridized carbons (Fsp3) is 0.200. The Kier molecular flexibility index (Phi) is 6.11. The molecular weight excluding hydrogens is 455 g/mol. The molecule has 2 aromatic heterocycles. The number of hydrogen-bond donors (Lipinski definition) is 1. The van der Waals surface area contributed by atoms with Crippen molar-refractivity contribution in [2.45, 2.75) is 24.6 Å². The fourth-order valence-corrected chi connectivity index (χ4v) is 3.91. The third-order valence-electron chi connectivity index (χ3n) is 5.67. The van der Waals surface area contributed by atoms with Crippen molar-refractivity contribution in [1.82, 2.24) is 14.5 Å². The predicted octanol–water partition coefficient (Wildman–Crippen LogP) is 3.33. The largest absolute Gasteiger partial charge is 0.459 e. The summed E-state index contributed by atoms with van der Waals surface area (Å²) in [5.41, 5.74) is 7.61. The Morgan fingerprint density at radius 1 is 0.971 bits per heavy atom. The molecule has 178 valence electrons. The number of nitrogens with zero attached hydrogens (tertiary/aromatic N) is 3. The molecule has 0 unspecified atom stereocenters. The van der Waals surface area contributed by atoms with Gasteiger partial charge in [-0.05, 0) is 30.3 Å². The van der Waals surface area contributed by atoms with E-state index in [1.165, 1.54) is 17.1 Å². The second-order valence-electron chi connectivity index (χ2n) is 7.93. The van der Waals surface area contributed by atoms with E-state index >= 15 is 4.39 Å². The van der Waals surface area contributed by atoms with E-state index in [1.54, 1.807) is 66.7 Å². The van der Waals surface area contributed by atoms with Crippen LogP contribution in [0.15, 0.2) is 79.3 Å². The van der Waals surface area contributed by atoms with E-state index in [4.69, 9.17) is 19.9 Å². The van der Waals surface area contributed by atoms with E-state index in [-0.39, 0.29) is 12.2 Å². The van der Waals surface area contributed by atoms with Crippen LogP contribution in [-0.4, -0.2) is 51.5 Å². The van der Waals surface area contributed by atoms with E-state index in [1.807, 2.05) is 0 Å². The molecule has 3 heterocycles. The SMILES string of the molecule is Nc1ccnc2c1ncn2[C@@H]1O[C@H](COC(=O)c2ccccc2)[C@@H](OC(=O)c2ccccc2)[C@@H]1F. The minimum Gasteiger partial charge on any atom is -0.459 e. The maximum Gasteiger partial charge on any atom is 0.338 e. The van der Waals surface area contributed by atoms with Crippen LogP contribution in [0, 0.1) is 0 Å². The molecule has 0 bridgehead atoms. The van der Waals surface area contributed by atoms with E-state index in [0.717, 1.165) is 0 Å². The molecule has 2 N–H and O–H groups in total. The number of nitrogen functional groups attached to an aromatic ring is 1. The number of halogens is 1. The highest BCUT2D eigenvalue weighted by Crippen LogP contribution is 2.36. The molecule has 0 spiro atoms. The van der Waals surface area contributed by atoms with Crippen molar-refractivity contribution < 1.29 is 28.2 Å². The molecule has 9 nitrogen and oxygen atoms in total. The molecular formula is C25H21FN4O5. The number of ether oxygens (including phenoxy) is 3. The van der Waals surface area contributed by atoms with E-state index in [9.17, 15) is 9.59 Å². The lowest BCUT2D eigenvalue weighted by molar-refractivity contribution is -0.0570. The van der Waals surface area contributed by atoms with Crippen molar-refractivity contribution in [3.8, 4) is 0 Å². The first-order chi connectivity index (χ1) is 17.0. The molecule has 4 aromatic rings. The average molecular weight is 476 g/mol. The number of anilines is 1. The molecule has 0 radical (unpaired) electrons. The number of benzene rings is 2. The van der Waals surface area contributed by atoms with E-state index in [2.05, 4.69) is 9.97 Å². The molecule has 0 saturated carbocycles. The molecule has 2 aromatic carbocycles. The molecule has 1 fully saturated rings. The van der Waals surface area contributed by atoms with Gasteiger partial charge in [0.05, 0.1) is 23.1 Å². The van der Waals surface area contributed by atoms with Gasteiger partial charge >= 0.3 is 11.9 Å². The third-order valence-corrected chi connectivity index (χ3v) is 5.67. The zero-order valence-electron chi connectivity index (χ0n) is 18.4. The Labute approximate surface area is 199 Å². The summed E-state index contributed by atoms with van der Waals surface area (Å²) >= 11 is 0. The van der Waals surface area contributed by atoms with Crippen molar-refractivity contribution in [2.24, 2.45) is 0 Å². The smallest absolute Gasteiger partial charge is 0.338 e. The number of fused-ring (bicyclic) bond motifs is 1. The highest BCUT2D eigenvalue weighted by atomic mass is 19.1. The van der Waals surface area contributed by atoms with Crippen LogP contribution in [0.2, 0.25) is 0 Å². The van der Waals surface area contributed by atoms with Gasteiger partial charge < -0.3 is 19.9 Å². The van der Waals surface area contributed by atoms with Crippen molar-refractivity contribution in [3.05, 3.63) is 90.4 Å². The number of alkyl halides is 1. The topological polar surface area (TPSA) is 119 Å². The molecule has 1 saturated heterocycles. The number of nitrogens with two attached hydrogens (primary N) is 1. The molecule has 5 rings (SSSR count). The van der Waals surface area contributed by atoms with E-state index < -0.39 is 36.5 Å². The first kappa shape index (κ1) is 22.5. The highest BCUT2D eigenvalue weighted by Gasteiger charge is 2.49. The Balaban J connectivity index is 1.40. The molecule has 0 aliphatic carbocycles. The third kappa shape index (κ3) is 4.43. The second-order valence-corrected chi connectivity index (χ2v) is 7.93. The predicted molar refractivity (Wildman–Crippen MR) is 123 cm³/mol. The normalized spacial score (nSPS) is 21.6. The summed E-state index contributed by atoms with van der Waals surface area (Å²) in [6.45, 7) is -0.334. The number of aromatic nitrogens is 3.